The number of para-hydroxylation sites is 4. The van der Waals surface area contributed by atoms with Crippen LogP contribution in [0.1, 0.15) is 61.1 Å². The topological polar surface area (TPSA) is 216 Å². The van der Waals surface area contributed by atoms with Crippen molar-refractivity contribution in [3.8, 4) is 75.3 Å². The number of hydrogen-bond acceptors (Lipinski definition) is 17. The number of carbonyl (C=O) groups is 4. The fraction of sp³-hybridized carbons (Fsp3) is 0.172. The van der Waals surface area contributed by atoms with Gasteiger partial charge in [-0.05, 0) is 263 Å². The molecule has 4 heterocycles. The zero-order valence-corrected chi connectivity index (χ0v) is 72.5. The summed E-state index contributed by atoms with van der Waals surface area (Å²) in [6.07, 6.45) is 0. The lowest BCUT2D eigenvalue weighted by molar-refractivity contribution is -0.117. The van der Waals surface area contributed by atoms with E-state index in [9.17, 15) is 23.6 Å². The van der Waals surface area contributed by atoms with E-state index in [-0.39, 0.29) is 41.9 Å². The van der Waals surface area contributed by atoms with Gasteiger partial charge in [-0.15, -0.1) is 0 Å². The first-order chi connectivity index (χ1) is 54.9. The van der Waals surface area contributed by atoms with Gasteiger partial charge in [-0.2, -0.15) is 0 Å². The average molecular weight is 1910 g/mol. The maximum atomic E-state index is 13.2. The van der Waals surface area contributed by atoms with Crippen LogP contribution in [-0.2, 0) is 45.4 Å². The van der Waals surface area contributed by atoms with Gasteiger partial charge in [0.25, 0.3) is 0 Å². The summed E-state index contributed by atoms with van der Waals surface area (Å²) in [5, 5.41) is 0. The Hall–Kier alpha value is -11.0. The van der Waals surface area contributed by atoms with E-state index in [1.807, 2.05) is 166 Å². The first-order valence-corrected chi connectivity index (χ1v) is 39.3. The number of methoxy groups -OCH3 is 5. The molecule has 0 N–H and O–H groups in total. The minimum atomic E-state index is -0.365. The van der Waals surface area contributed by atoms with Crippen molar-refractivity contribution >= 4 is 133 Å². The highest BCUT2D eigenvalue weighted by atomic mass is 127. The van der Waals surface area contributed by atoms with Crippen LogP contribution in [0.2, 0.25) is 0 Å². The number of aromatic nitrogens is 4. The molecule has 0 saturated carbocycles. The Bertz CT molecular complexity index is 5130. The number of halogens is 6. The maximum Gasteiger partial charge on any atom is 0.244 e. The highest BCUT2D eigenvalue weighted by Crippen LogP contribution is 2.41. The standard InChI is InChI=1S/C23H23BrN2O3.C22H21BrN2O4.C21H18BrFN2O3.C21H18BrIN2O3/c1-15-8-7-11-20(16(15)2)29-23-19(12-13-22(24)25-23)26(17(3)27)14-18-9-5-6-10-21(18)28-4;1-15(26)25(14-16-6-4-5-7-20(16)28-3)19-12-13-21(23)24-22(19)29-18-10-8-17(27-2)9-11-18;2*1-14(26)25(13-15-5-3-4-6-19(15)27-2)18-11-12-20(22)24-21(18)28-17-9-7-16(23)8-10-17/h5-13H,14H2,1-4H3;4-13H,14H2,1-3H3;2*3-12H,13H2,1-2H3. The Kier molecular flexibility index (Phi) is 32.6. The molecule has 27 heteroatoms. The van der Waals surface area contributed by atoms with Crippen molar-refractivity contribution in [3.05, 3.63) is 298 Å². The molecule has 0 aliphatic heterocycles. The third kappa shape index (κ3) is 24.5. The number of carbonyl (C=O) groups excluding carboxylic acids is 4. The van der Waals surface area contributed by atoms with Gasteiger partial charge in [0, 0.05) is 53.5 Å². The van der Waals surface area contributed by atoms with Crippen LogP contribution in [0.3, 0.4) is 0 Å². The van der Waals surface area contributed by atoms with Crippen molar-refractivity contribution in [2.75, 3.05) is 55.1 Å². The second kappa shape index (κ2) is 42.8. The summed E-state index contributed by atoms with van der Waals surface area (Å²) in [6.45, 7) is 11.3. The molecule has 0 spiro atoms. The third-order valence-electron chi connectivity index (χ3n) is 17.1. The molecular weight excluding hydrogens is 1830 g/mol. The number of rotatable bonds is 25. The van der Waals surface area contributed by atoms with Crippen LogP contribution < -0.4 is 62.2 Å². The average Bonchev–Trinajstić information content (AvgIpc) is 0.822. The summed E-state index contributed by atoms with van der Waals surface area (Å²) in [4.78, 5) is 74.1. The van der Waals surface area contributed by atoms with Crippen molar-refractivity contribution in [2.24, 2.45) is 0 Å². The lowest BCUT2D eigenvalue weighted by Crippen LogP contribution is -2.28. The van der Waals surface area contributed by atoms with Gasteiger partial charge in [0.2, 0.25) is 47.1 Å². The lowest BCUT2D eigenvalue weighted by atomic mass is 10.1. The van der Waals surface area contributed by atoms with Crippen molar-refractivity contribution in [3.63, 3.8) is 0 Å². The van der Waals surface area contributed by atoms with E-state index in [2.05, 4.69) is 106 Å². The van der Waals surface area contributed by atoms with Gasteiger partial charge in [0.15, 0.2) is 0 Å². The number of pyridine rings is 4. The van der Waals surface area contributed by atoms with Crippen LogP contribution in [-0.4, -0.2) is 79.1 Å². The molecule has 21 nitrogen and oxygen atoms in total. The molecule has 12 rings (SSSR count). The van der Waals surface area contributed by atoms with E-state index < -0.39 is 0 Å². The fourth-order valence-electron chi connectivity index (χ4n) is 11.2. The van der Waals surface area contributed by atoms with Crippen LogP contribution in [0.4, 0.5) is 27.1 Å². The van der Waals surface area contributed by atoms with Crippen LogP contribution >= 0.6 is 86.3 Å². The van der Waals surface area contributed by atoms with Gasteiger partial charge >= 0.3 is 0 Å². The second-order valence-corrected chi connectivity index (χ2v) is 29.2. The van der Waals surface area contributed by atoms with Crippen molar-refractivity contribution in [1.82, 2.24) is 19.9 Å². The maximum absolute atomic E-state index is 13.2. The van der Waals surface area contributed by atoms with E-state index in [1.54, 1.807) is 116 Å². The van der Waals surface area contributed by atoms with Crippen molar-refractivity contribution in [2.45, 2.75) is 67.7 Å². The van der Waals surface area contributed by atoms with Gasteiger partial charge in [-0.3, -0.25) is 19.2 Å². The van der Waals surface area contributed by atoms with Crippen LogP contribution in [0.15, 0.2) is 255 Å². The number of amides is 4. The largest absolute Gasteiger partial charge is 0.497 e. The van der Waals surface area contributed by atoms with Gasteiger partial charge in [0.1, 0.15) is 98.7 Å². The summed E-state index contributed by atoms with van der Waals surface area (Å²) < 4.78 is 67.5. The molecule has 0 radical (unpaired) electrons. The second-order valence-electron chi connectivity index (χ2n) is 24.7. The van der Waals surface area contributed by atoms with Crippen LogP contribution in [0.5, 0.6) is 75.3 Å². The molecule has 0 fully saturated rings. The molecule has 0 atom stereocenters. The predicted octanol–water partition coefficient (Wildman–Crippen LogP) is 22.2. The molecule has 4 amide bonds. The summed E-state index contributed by atoms with van der Waals surface area (Å²) in [5.41, 5.74) is 7.88. The number of nitrogens with zero attached hydrogens (tertiary/aromatic N) is 8. The van der Waals surface area contributed by atoms with E-state index in [4.69, 9.17) is 42.6 Å². The minimum Gasteiger partial charge on any atom is -0.497 e. The SMILES string of the molecule is COc1ccc(Oc2nc(Br)ccc2N(Cc2ccccc2OC)C(C)=O)cc1.COc1ccccc1CN(C(C)=O)c1ccc(Br)nc1Oc1ccc(F)cc1.COc1ccccc1CN(C(C)=O)c1ccc(Br)nc1Oc1ccc(I)cc1.COc1ccccc1CN(C(C)=O)c1ccc(Br)nc1Oc1cccc(C)c1C. The number of hydrogen-bond donors (Lipinski definition) is 0. The molecule has 0 aliphatic rings. The molecular formula is C87H80Br4FIN8O13. The Morgan fingerprint density at radius 2 is 0.588 bits per heavy atom. The third-order valence-corrected chi connectivity index (χ3v) is 19.6. The molecule has 114 heavy (non-hydrogen) atoms. The molecule has 4 aromatic heterocycles. The summed E-state index contributed by atoms with van der Waals surface area (Å²) >= 11 is 15.7. The first kappa shape index (κ1) is 87.0. The summed E-state index contributed by atoms with van der Waals surface area (Å²) in [5.74, 6) is 6.23. The van der Waals surface area contributed by atoms with Gasteiger partial charge in [0.05, 0.1) is 61.7 Å². The molecule has 0 unspecified atom stereocenters. The molecule has 0 aliphatic carbocycles. The number of benzene rings is 8. The molecule has 588 valence electrons. The van der Waals surface area contributed by atoms with E-state index in [1.165, 1.54) is 52.0 Å². The Morgan fingerprint density at radius 3 is 0.877 bits per heavy atom. The quantitative estimate of drug-likeness (QED) is 0.0384. The molecule has 8 aromatic carbocycles. The Morgan fingerprint density at radius 1 is 0.325 bits per heavy atom. The van der Waals surface area contributed by atoms with E-state index in [0.29, 0.717) is 113 Å². The fourth-order valence-corrected chi connectivity index (χ4v) is 12.7. The molecule has 0 bridgehead atoms. The van der Waals surface area contributed by atoms with E-state index in [0.717, 1.165) is 54.2 Å². The van der Waals surface area contributed by atoms with Crippen LogP contribution in [0.25, 0.3) is 0 Å². The Balaban J connectivity index is 0.000000174. The zero-order chi connectivity index (χ0) is 82.0. The molecule has 0 saturated heterocycles. The highest BCUT2D eigenvalue weighted by Gasteiger charge is 2.26. The lowest BCUT2D eigenvalue weighted by Gasteiger charge is -2.24. The van der Waals surface area contributed by atoms with E-state index >= 15 is 0 Å². The normalized spacial score (nSPS) is 10.4. The van der Waals surface area contributed by atoms with Crippen LogP contribution in [0, 0.1) is 23.2 Å². The monoisotopic (exact) mass is 1910 g/mol. The van der Waals surface area contributed by atoms with Crippen molar-refractivity contribution < 1.29 is 66.2 Å². The highest BCUT2D eigenvalue weighted by molar-refractivity contribution is 14.1. The van der Waals surface area contributed by atoms with Gasteiger partial charge in [-0.1, -0.05) is 84.9 Å². The number of anilines is 4. The predicted molar refractivity (Wildman–Crippen MR) is 462 cm³/mol. The first-order valence-electron chi connectivity index (χ1n) is 35.1. The summed E-state index contributed by atoms with van der Waals surface area (Å²) in [6, 6.07) is 70.8. The van der Waals surface area contributed by atoms with Crippen molar-refractivity contribution in [1.29, 1.82) is 0 Å². The smallest absolute Gasteiger partial charge is 0.244 e. The zero-order valence-electron chi connectivity index (χ0n) is 64.0. The summed E-state index contributed by atoms with van der Waals surface area (Å²) in [7, 11) is 8.03. The van der Waals surface area contributed by atoms with Gasteiger partial charge < -0.3 is 62.2 Å². The number of aryl methyl sites for hydroxylation is 1. The number of ether oxygens (including phenoxy) is 9. The molecule has 12 aromatic rings. The minimum absolute atomic E-state index is 0.120. The van der Waals surface area contributed by atoms with Gasteiger partial charge in [-0.25, -0.2) is 24.3 Å². The Labute approximate surface area is 708 Å².